The van der Waals surface area contributed by atoms with Crippen molar-refractivity contribution >= 4 is 23.2 Å². The van der Waals surface area contributed by atoms with Gasteiger partial charge in [0.25, 0.3) is 0 Å². The zero-order valence-corrected chi connectivity index (χ0v) is 10.7. The van der Waals surface area contributed by atoms with Crippen molar-refractivity contribution in [3.63, 3.8) is 0 Å². The van der Waals surface area contributed by atoms with Gasteiger partial charge in [0.05, 0.1) is 16.4 Å². The highest BCUT2D eigenvalue weighted by molar-refractivity contribution is 6.33. The lowest BCUT2D eigenvalue weighted by Crippen LogP contribution is -1.97. The van der Waals surface area contributed by atoms with Gasteiger partial charge in [-0.05, 0) is 25.5 Å². The minimum Gasteiger partial charge on any atom is -0.220 e. The molecule has 1 aromatic carbocycles. The van der Waals surface area contributed by atoms with E-state index in [4.69, 9.17) is 23.2 Å². The van der Waals surface area contributed by atoms with Crippen LogP contribution in [0, 0.1) is 6.92 Å². The van der Waals surface area contributed by atoms with Crippen molar-refractivity contribution in [1.82, 2.24) is 9.78 Å². The van der Waals surface area contributed by atoms with Crippen molar-refractivity contribution < 1.29 is 0 Å². The minimum atomic E-state index is 0.646. The largest absolute Gasteiger partial charge is 0.220 e. The summed E-state index contributed by atoms with van der Waals surface area (Å²) < 4.78 is 1.69. The first-order valence-corrected chi connectivity index (χ1v) is 5.89. The van der Waals surface area contributed by atoms with Crippen molar-refractivity contribution in [2.24, 2.45) is 0 Å². The molecular formula is C12H12Cl2N2. The normalized spacial score (nSPS) is 10.8. The highest BCUT2D eigenvalue weighted by atomic mass is 35.5. The molecule has 2 rings (SSSR count). The van der Waals surface area contributed by atoms with E-state index in [-0.39, 0.29) is 0 Å². The van der Waals surface area contributed by atoms with E-state index in [2.05, 4.69) is 12.0 Å². The molecule has 2 aromatic rings. The van der Waals surface area contributed by atoms with Crippen LogP contribution in [0.4, 0.5) is 0 Å². The maximum Gasteiger partial charge on any atom is 0.136 e. The number of hydrogen-bond acceptors (Lipinski definition) is 1. The van der Waals surface area contributed by atoms with Crippen molar-refractivity contribution in [1.29, 1.82) is 0 Å². The quantitative estimate of drug-likeness (QED) is 0.791. The predicted octanol–water partition coefficient (Wildman–Crippen LogP) is 4.05. The van der Waals surface area contributed by atoms with Crippen LogP contribution in [-0.2, 0) is 6.42 Å². The molecule has 0 atom stereocenters. The van der Waals surface area contributed by atoms with Crippen LogP contribution in [0.3, 0.4) is 0 Å². The summed E-state index contributed by atoms with van der Waals surface area (Å²) in [6.07, 6.45) is 0.870. The SMILES string of the molecule is CCc1c(C)nn(-c2ccccc2Cl)c1Cl. The molecule has 0 aliphatic heterocycles. The number of rotatable bonds is 2. The molecule has 2 nitrogen and oxygen atoms in total. The van der Waals surface area contributed by atoms with Gasteiger partial charge in [-0.15, -0.1) is 0 Å². The van der Waals surface area contributed by atoms with Gasteiger partial charge in [0.1, 0.15) is 5.15 Å². The summed E-state index contributed by atoms with van der Waals surface area (Å²) in [7, 11) is 0. The van der Waals surface area contributed by atoms with Crippen LogP contribution < -0.4 is 0 Å². The molecule has 0 fully saturated rings. The van der Waals surface area contributed by atoms with E-state index in [0.29, 0.717) is 10.2 Å². The monoisotopic (exact) mass is 254 g/mol. The topological polar surface area (TPSA) is 17.8 Å². The van der Waals surface area contributed by atoms with E-state index in [0.717, 1.165) is 23.4 Å². The van der Waals surface area contributed by atoms with E-state index in [1.54, 1.807) is 4.68 Å². The summed E-state index contributed by atoms with van der Waals surface area (Å²) in [5.41, 5.74) is 2.84. The van der Waals surface area contributed by atoms with Gasteiger partial charge in [0.15, 0.2) is 0 Å². The van der Waals surface area contributed by atoms with Gasteiger partial charge in [0, 0.05) is 5.56 Å². The number of aromatic nitrogens is 2. The van der Waals surface area contributed by atoms with Crippen LogP contribution in [0.15, 0.2) is 24.3 Å². The van der Waals surface area contributed by atoms with E-state index < -0.39 is 0 Å². The number of aryl methyl sites for hydroxylation is 1. The van der Waals surface area contributed by atoms with Gasteiger partial charge in [-0.25, -0.2) is 4.68 Å². The molecule has 0 aliphatic rings. The molecule has 0 amide bonds. The van der Waals surface area contributed by atoms with Crippen molar-refractivity contribution in [3.8, 4) is 5.69 Å². The fourth-order valence-electron chi connectivity index (χ4n) is 1.72. The van der Waals surface area contributed by atoms with Crippen LogP contribution in [0.1, 0.15) is 18.2 Å². The number of halogens is 2. The number of hydrogen-bond donors (Lipinski definition) is 0. The predicted molar refractivity (Wildman–Crippen MR) is 67.7 cm³/mol. The highest BCUT2D eigenvalue weighted by Crippen LogP contribution is 2.27. The molecule has 84 valence electrons. The van der Waals surface area contributed by atoms with Crippen LogP contribution in [-0.4, -0.2) is 9.78 Å². The maximum absolute atomic E-state index is 6.28. The van der Waals surface area contributed by atoms with Gasteiger partial charge in [-0.1, -0.05) is 42.3 Å². The average molecular weight is 255 g/mol. The van der Waals surface area contributed by atoms with E-state index in [9.17, 15) is 0 Å². The molecule has 16 heavy (non-hydrogen) atoms. The zero-order chi connectivity index (χ0) is 11.7. The Labute approximate surface area is 105 Å². The molecule has 1 aromatic heterocycles. The summed E-state index contributed by atoms with van der Waals surface area (Å²) in [6.45, 7) is 4.02. The van der Waals surface area contributed by atoms with Crippen LogP contribution in [0.2, 0.25) is 10.2 Å². The zero-order valence-electron chi connectivity index (χ0n) is 9.17. The first kappa shape index (κ1) is 11.5. The van der Waals surface area contributed by atoms with Crippen LogP contribution >= 0.6 is 23.2 Å². The molecule has 4 heteroatoms. The second kappa shape index (κ2) is 4.48. The van der Waals surface area contributed by atoms with Crippen LogP contribution in [0.5, 0.6) is 0 Å². The van der Waals surface area contributed by atoms with E-state index >= 15 is 0 Å². The standard InChI is InChI=1S/C12H12Cl2N2/c1-3-9-8(2)15-16(12(9)14)11-7-5-4-6-10(11)13/h4-7H,3H2,1-2H3. The fourth-order valence-corrected chi connectivity index (χ4v) is 2.33. The Morgan fingerprint density at radius 2 is 1.94 bits per heavy atom. The molecule has 1 heterocycles. The Kier molecular flexibility index (Phi) is 3.22. The first-order chi connectivity index (χ1) is 7.65. The number of benzene rings is 1. The minimum absolute atomic E-state index is 0.646. The van der Waals surface area contributed by atoms with Crippen LogP contribution in [0.25, 0.3) is 5.69 Å². The number of nitrogens with zero attached hydrogens (tertiary/aromatic N) is 2. The fraction of sp³-hybridized carbons (Fsp3) is 0.250. The molecule has 0 bridgehead atoms. The lowest BCUT2D eigenvalue weighted by Gasteiger charge is -2.05. The Bertz CT molecular complexity index is 518. The maximum atomic E-state index is 6.28. The molecule has 0 unspecified atom stereocenters. The Hall–Kier alpha value is -0.990. The Balaban J connectivity index is 2.62. The van der Waals surface area contributed by atoms with E-state index in [1.165, 1.54) is 0 Å². The van der Waals surface area contributed by atoms with Crippen molar-refractivity contribution in [3.05, 3.63) is 45.7 Å². The Morgan fingerprint density at radius 1 is 1.25 bits per heavy atom. The summed E-state index contributed by atoms with van der Waals surface area (Å²) in [5.74, 6) is 0. The van der Waals surface area contributed by atoms with Gasteiger partial charge in [-0.2, -0.15) is 5.10 Å². The second-order valence-electron chi connectivity index (χ2n) is 3.57. The lowest BCUT2D eigenvalue weighted by molar-refractivity contribution is 0.863. The van der Waals surface area contributed by atoms with Crippen molar-refractivity contribution in [2.75, 3.05) is 0 Å². The summed E-state index contributed by atoms with van der Waals surface area (Å²) >= 11 is 12.4. The smallest absolute Gasteiger partial charge is 0.136 e. The molecule has 0 N–H and O–H groups in total. The molecular weight excluding hydrogens is 243 g/mol. The molecule has 0 spiro atoms. The second-order valence-corrected chi connectivity index (χ2v) is 4.34. The summed E-state index contributed by atoms with van der Waals surface area (Å²) in [6, 6.07) is 7.53. The third-order valence-corrected chi connectivity index (χ3v) is 3.26. The molecule has 0 radical (unpaired) electrons. The van der Waals surface area contributed by atoms with Gasteiger partial charge in [0.2, 0.25) is 0 Å². The first-order valence-electron chi connectivity index (χ1n) is 5.14. The molecule has 0 saturated carbocycles. The molecule has 0 saturated heterocycles. The molecule has 0 aliphatic carbocycles. The van der Waals surface area contributed by atoms with Gasteiger partial charge < -0.3 is 0 Å². The van der Waals surface area contributed by atoms with E-state index in [1.807, 2.05) is 31.2 Å². The summed E-state index contributed by atoms with van der Waals surface area (Å²) in [5, 5.41) is 5.71. The third kappa shape index (κ3) is 1.83. The average Bonchev–Trinajstić information content (AvgIpc) is 2.55. The summed E-state index contributed by atoms with van der Waals surface area (Å²) in [4.78, 5) is 0. The van der Waals surface area contributed by atoms with Crippen molar-refractivity contribution in [2.45, 2.75) is 20.3 Å². The lowest BCUT2D eigenvalue weighted by atomic mass is 10.2. The number of para-hydroxylation sites is 1. The van der Waals surface area contributed by atoms with Gasteiger partial charge >= 0.3 is 0 Å². The highest BCUT2D eigenvalue weighted by Gasteiger charge is 2.14. The third-order valence-electron chi connectivity index (χ3n) is 2.56. The Morgan fingerprint density at radius 3 is 2.50 bits per heavy atom. The van der Waals surface area contributed by atoms with Gasteiger partial charge in [-0.3, -0.25) is 0 Å².